The van der Waals surface area contributed by atoms with E-state index in [9.17, 15) is 17.6 Å². The van der Waals surface area contributed by atoms with Gasteiger partial charge in [-0.15, -0.1) is 0 Å². The van der Waals surface area contributed by atoms with E-state index in [1.54, 1.807) is 21.0 Å². The normalized spacial score (nSPS) is 12.0. The first-order chi connectivity index (χ1) is 8.77. The molecule has 7 nitrogen and oxygen atoms in total. The van der Waals surface area contributed by atoms with Gasteiger partial charge in [0.15, 0.2) is 11.6 Å². The molecule has 0 aliphatic carbocycles. The van der Waals surface area contributed by atoms with E-state index in [-0.39, 0.29) is 5.75 Å². The van der Waals surface area contributed by atoms with Crippen molar-refractivity contribution in [2.75, 3.05) is 19.8 Å². The molecule has 1 heterocycles. The Labute approximate surface area is 110 Å². The zero-order chi connectivity index (χ0) is 14.6. The Morgan fingerprint density at radius 2 is 2.16 bits per heavy atom. The first kappa shape index (κ1) is 15.3. The third kappa shape index (κ3) is 3.85. The van der Waals surface area contributed by atoms with Gasteiger partial charge in [0.2, 0.25) is 10.0 Å². The highest BCUT2D eigenvalue weighted by Crippen LogP contribution is 2.11. The molecule has 0 N–H and O–H groups in total. The summed E-state index contributed by atoms with van der Waals surface area (Å²) in [6.07, 6.45) is 2.18. The fraction of sp³-hybridized carbons (Fsp3) is 0.500. The van der Waals surface area contributed by atoms with Crippen LogP contribution in [0.3, 0.4) is 0 Å². The Bertz CT molecular complexity index is 637. The minimum absolute atomic E-state index is 0.256. The summed E-state index contributed by atoms with van der Waals surface area (Å²) in [5.41, 5.74) is -1.07. The van der Waals surface area contributed by atoms with Gasteiger partial charge in [-0.3, -0.25) is 0 Å². The first-order valence-corrected chi connectivity index (χ1v) is 7.12. The van der Waals surface area contributed by atoms with E-state index < -0.39 is 27.3 Å². The van der Waals surface area contributed by atoms with E-state index in [4.69, 9.17) is 0 Å². The Hall–Kier alpha value is -1.77. The molecule has 0 atom stereocenters. The second kappa shape index (κ2) is 5.91. The number of hydrogen-bond donors (Lipinski definition) is 0. The van der Waals surface area contributed by atoms with E-state index >= 15 is 0 Å². The summed E-state index contributed by atoms with van der Waals surface area (Å²) in [5.74, 6) is -1.67. The zero-order valence-electron chi connectivity index (χ0n) is 10.9. The molecule has 0 unspecified atom stereocenters. The molecule has 0 fully saturated rings. The highest BCUT2D eigenvalue weighted by molar-refractivity contribution is 7.89. The van der Waals surface area contributed by atoms with Crippen LogP contribution in [0.4, 0.5) is 10.2 Å². The molecule has 1 aromatic heterocycles. The van der Waals surface area contributed by atoms with Crippen LogP contribution in [0.1, 0.15) is 13.3 Å². The second-order valence-electron chi connectivity index (χ2n) is 4.02. The molecule has 1 aromatic rings. The van der Waals surface area contributed by atoms with Crippen LogP contribution >= 0.6 is 0 Å². The Balaban J connectivity index is 3.29. The van der Waals surface area contributed by atoms with Crippen molar-refractivity contribution in [3.05, 3.63) is 22.5 Å². The van der Waals surface area contributed by atoms with Crippen LogP contribution in [0.5, 0.6) is 0 Å². The molecule has 106 valence electrons. The van der Waals surface area contributed by atoms with Gasteiger partial charge in [0, 0.05) is 14.1 Å². The van der Waals surface area contributed by atoms with Gasteiger partial charge in [0.05, 0.1) is 18.3 Å². The SMILES string of the molecule is CCCS(=O)(=O)n1cc(F)c(/N=C/N(C)C)nc1=O. The average Bonchev–Trinajstić information content (AvgIpc) is 2.29. The molecule has 0 aliphatic heterocycles. The molecule has 0 aromatic carbocycles. The summed E-state index contributed by atoms with van der Waals surface area (Å²) in [6, 6.07) is 0. The highest BCUT2D eigenvalue weighted by atomic mass is 32.2. The minimum atomic E-state index is -3.87. The third-order valence-corrected chi connectivity index (χ3v) is 3.79. The predicted octanol–water partition coefficient (Wildman–Crippen LogP) is 0.192. The van der Waals surface area contributed by atoms with Crippen molar-refractivity contribution in [2.24, 2.45) is 4.99 Å². The predicted molar refractivity (Wildman–Crippen MR) is 69.8 cm³/mol. The topological polar surface area (TPSA) is 84.6 Å². The van der Waals surface area contributed by atoms with Crippen LogP contribution in [0.25, 0.3) is 0 Å². The smallest absolute Gasteiger partial charge is 0.363 e. The molecule has 0 radical (unpaired) electrons. The third-order valence-electron chi connectivity index (χ3n) is 2.01. The van der Waals surface area contributed by atoms with E-state index in [1.807, 2.05) is 0 Å². The second-order valence-corrected chi connectivity index (χ2v) is 5.98. The number of rotatable bonds is 5. The molecular weight excluding hydrogens is 275 g/mol. The van der Waals surface area contributed by atoms with Crippen LogP contribution in [0.2, 0.25) is 0 Å². The Morgan fingerprint density at radius 3 is 2.68 bits per heavy atom. The summed E-state index contributed by atoms with van der Waals surface area (Å²) >= 11 is 0. The van der Waals surface area contributed by atoms with Gasteiger partial charge in [-0.05, 0) is 6.42 Å². The lowest BCUT2D eigenvalue weighted by Crippen LogP contribution is -2.31. The number of aliphatic imine (C=N–C) groups is 1. The molecular formula is C10H15FN4O3S. The molecule has 0 aliphatic rings. The molecule has 1 rings (SSSR count). The van der Waals surface area contributed by atoms with Gasteiger partial charge in [-0.1, -0.05) is 6.92 Å². The summed E-state index contributed by atoms with van der Waals surface area (Å²) in [5, 5.41) is 0. The molecule has 0 spiro atoms. The number of hydrogen-bond acceptors (Lipinski definition) is 5. The first-order valence-electron chi connectivity index (χ1n) is 5.51. The Morgan fingerprint density at radius 1 is 1.53 bits per heavy atom. The van der Waals surface area contributed by atoms with Crippen molar-refractivity contribution in [3.63, 3.8) is 0 Å². The van der Waals surface area contributed by atoms with E-state index in [2.05, 4.69) is 9.98 Å². The van der Waals surface area contributed by atoms with Crippen molar-refractivity contribution in [3.8, 4) is 0 Å². The minimum Gasteiger partial charge on any atom is -0.369 e. The fourth-order valence-corrected chi connectivity index (χ4v) is 2.47. The van der Waals surface area contributed by atoms with Crippen LogP contribution in [-0.2, 0) is 10.0 Å². The van der Waals surface area contributed by atoms with Gasteiger partial charge >= 0.3 is 5.69 Å². The summed E-state index contributed by atoms with van der Waals surface area (Å²) in [7, 11) is -0.550. The number of halogens is 1. The monoisotopic (exact) mass is 290 g/mol. The lowest BCUT2D eigenvalue weighted by molar-refractivity contribution is 0.570. The fourth-order valence-electron chi connectivity index (χ4n) is 1.23. The highest BCUT2D eigenvalue weighted by Gasteiger charge is 2.17. The van der Waals surface area contributed by atoms with Crippen LogP contribution in [0.15, 0.2) is 16.0 Å². The summed E-state index contributed by atoms with van der Waals surface area (Å²) in [4.78, 5) is 20.1. The van der Waals surface area contributed by atoms with Crippen molar-refractivity contribution >= 4 is 22.2 Å². The largest absolute Gasteiger partial charge is 0.369 e. The number of aromatic nitrogens is 2. The van der Waals surface area contributed by atoms with Gasteiger partial charge in [-0.25, -0.2) is 22.6 Å². The summed E-state index contributed by atoms with van der Waals surface area (Å²) < 4.78 is 37.3. The van der Waals surface area contributed by atoms with Crippen LogP contribution in [-0.4, -0.2) is 48.5 Å². The standard InChI is InChI=1S/C10H15FN4O3S/c1-4-5-19(17,18)15-6-8(11)9(13-10(15)16)12-7-14(2)3/h6-7H,4-5H2,1-3H3/b12-7+. The molecule has 0 amide bonds. The van der Waals surface area contributed by atoms with Crippen LogP contribution in [0, 0.1) is 5.82 Å². The quantitative estimate of drug-likeness (QED) is 0.571. The van der Waals surface area contributed by atoms with Gasteiger partial charge in [0.1, 0.15) is 0 Å². The van der Waals surface area contributed by atoms with E-state index in [0.29, 0.717) is 16.6 Å². The molecule has 9 heteroatoms. The zero-order valence-corrected chi connectivity index (χ0v) is 11.7. The van der Waals surface area contributed by atoms with Crippen molar-refractivity contribution in [1.29, 1.82) is 0 Å². The van der Waals surface area contributed by atoms with Crippen molar-refractivity contribution in [1.82, 2.24) is 13.9 Å². The van der Waals surface area contributed by atoms with Gasteiger partial charge in [-0.2, -0.15) is 8.96 Å². The lowest BCUT2D eigenvalue weighted by Gasteiger charge is -2.07. The van der Waals surface area contributed by atoms with Gasteiger partial charge < -0.3 is 4.90 Å². The molecule has 0 bridgehead atoms. The molecule has 0 saturated heterocycles. The molecule has 0 saturated carbocycles. The molecule has 19 heavy (non-hydrogen) atoms. The lowest BCUT2D eigenvalue weighted by atomic mass is 10.6. The maximum Gasteiger partial charge on any atom is 0.363 e. The maximum atomic E-state index is 13.6. The number of nitrogens with zero attached hydrogens (tertiary/aromatic N) is 4. The van der Waals surface area contributed by atoms with Gasteiger partial charge in [0.25, 0.3) is 0 Å². The van der Waals surface area contributed by atoms with E-state index in [1.165, 1.54) is 11.2 Å². The maximum absolute atomic E-state index is 13.6. The Kier molecular flexibility index (Phi) is 4.76. The van der Waals surface area contributed by atoms with Crippen LogP contribution < -0.4 is 5.69 Å². The van der Waals surface area contributed by atoms with E-state index in [0.717, 1.165) is 0 Å². The van der Waals surface area contributed by atoms with Crippen molar-refractivity contribution in [2.45, 2.75) is 13.3 Å². The average molecular weight is 290 g/mol. The van der Waals surface area contributed by atoms with Crippen molar-refractivity contribution < 1.29 is 12.8 Å². The summed E-state index contributed by atoms with van der Waals surface area (Å²) in [6.45, 7) is 1.64.